The maximum Gasteiger partial charge on any atom is 0.257 e. The second-order valence-electron chi connectivity index (χ2n) is 5.51. The molecular formula is C15H20FN3O2. The lowest BCUT2D eigenvalue weighted by atomic mass is 10.1. The summed E-state index contributed by atoms with van der Waals surface area (Å²) in [6.45, 7) is 5.47. The molecule has 6 heteroatoms. The van der Waals surface area contributed by atoms with Crippen molar-refractivity contribution in [1.29, 1.82) is 0 Å². The molecule has 2 N–H and O–H groups in total. The Morgan fingerprint density at radius 1 is 1.14 bits per heavy atom. The highest BCUT2D eigenvalue weighted by molar-refractivity contribution is 5.95. The van der Waals surface area contributed by atoms with Gasteiger partial charge in [0.25, 0.3) is 5.91 Å². The van der Waals surface area contributed by atoms with Crippen LogP contribution in [0.4, 0.5) is 10.1 Å². The van der Waals surface area contributed by atoms with E-state index in [1.807, 2.05) is 13.8 Å². The van der Waals surface area contributed by atoms with Crippen LogP contribution in [0.15, 0.2) is 18.2 Å². The molecule has 0 unspecified atom stereocenters. The Morgan fingerprint density at radius 2 is 1.71 bits per heavy atom. The molecule has 1 heterocycles. The quantitative estimate of drug-likeness (QED) is 0.837. The van der Waals surface area contributed by atoms with Crippen LogP contribution < -0.4 is 5.73 Å². The molecule has 1 saturated heterocycles. The number of benzene rings is 1. The first kappa shape index (κ1) is 15.3. The first-order valence-corrected chi connectivity index (χ1v) is 7.03. The summed E-state index contributed by atoms with van der Waals surface area (Å²) >= 11 is 0. The molecule has 0 atom stereocenters. The highest BCUT2D eigenvalue weighted by Crippen LogP contribution is 2.16. The number of hydrogen-bond donors (Lipinski definition) is 1. The first-order valence-electron chi connectivity index (χ1n) is 7.03. The Labute approximate surface area is 123 Å². The number of hydrogen-bond acceptors (Lipinski definition) is 3. The number of nitrogens with two attached hydrogens (primary N) is 1. The van der Waals surface area contributed by atoms with Gasteiger partial charge in [-0.15, -0.1) is 0 Å². The van der Waals surface area contributed by atoms with Crippen molar-refractivity contribution in [3.63, 3.8) is 0 Å². The lowest BCUT2D eigenvalue weighted by molar-refractivity contribution is -0.135. The van der Waals surface area contributed by atoms with Gasteiger partial charge in [0, 0.05) is 37.8 Å². The molecule has 0 aliphatic carbocycles. The summed E-state index contributed by atoms with van der Waals surface area (Å²) in [5, 5.41) is 0. The van der Waals surface area contributed by atoms with Crippen LogP contribution in [0.3, 0.4) is 0 Å². The van der Waals surface area contributed by atoms with Gasteiger partial charge in [0.15, 0.2) is 0 Å². The fourth-order valence-corrected chi connectivity index (χ4v) is 2.37. The van der Waals surface area contributed by atoms with Gasteiger partial charge in [-0.3, -0.25) is 9.59 Å². The third-order valence-electron chi connectivity index (χ3n) is 3.59. The van der Waals surface area contributed by atoms with E-state index in [9.17, 15) is 14.0 Å². The van der Waals surface area contributed by atoms with E-state index in [2.05, 4.69) is 0 Å². The summed E-state index contributed by atoms with van der Waals surface area (Å²) < 4.78 is 13.7. The minimum atomic E-state index is -0.574. The summed E-state index contributed by atoms with van der Waals surface area (Å²) in [5.74, 6) is -0.929. The smallest absolute Gasteiger partial charge is 0.257 e. The predicted octanol–water partition coefficient (Wildman–Crippen LogP) is 1.35. The molecule has 2 amide bonds. The Hall–Kier alpha value is -2.11. The van der Waals surface area contributed by atoms with Crippen LogP contribution in [0.5, 0.6) is 0 Å². The monoisotopic (exact) mass is 293 g/mol. The van der Waals surface area contributed by atoms with E-state index in [1.165, 1.54) is 18.2 Å². The van der Waals surface area contributed by atoms with Crippen LogP contribution in [-0.4, -0.2) is 47.8 Å². The van der Waals surface area contributed by atoms with Gasteiger partial charge >= 0.3 is 0 Å². The summed E-state index contributed by atoms with van der Waals surface area (Å²) in [4.78, 5) is 27.5. The van der Waals surface area contributed by atoms with Gasteiger partial charge in [0.05, 0.1) is 5.56 Å². The third kappa shape index (κ3) is 3.32. The molecule has 5 nitrogen and oxygen atoms in total. The molecule has 0 spiro atoms. The second-order valence-corrected chi connectivity index (χ2v) is 5.51. The Kier molecular flexibility index (Phi) is 4.45. The van der Waals surface area contributed by atoms with Crippen molar-refractivity contribution in [2.75, 3.05) is 31.9 Å². The Bertz CT molecular complexity index is 552. The minimum absolute atomic E-state index is 0.0152. The van der Waals surface area contributed by atoms with E-state index < -0.39 is 5.82 Å². The minimum Gasteiger partial charge on any atom is -0.399 e. The van der Waals surface area contributed by atoms with Crippen molar-refractivity contribution >= 4 is 17.5 Å². The number of rotatable bonds is 2. The SMILES string of the molecule is CC(C)C(=O)N1CCN(C(=O)c2cc(N)ccc2F)CC1. The fraction of sp³-hybridized carbons (Fsp3) is 0.467. The van der Waals surface area contributed by atoms with Gasteiger partial charge in [-0.2, -0.15) is 0 Å². The van der Waals surface area contributed by atoms with Gasteiger partial charge in [-0.1, -0.05) is 13.8 Å². The normalized spacial score (nSPS) is 15.4. The topological polar surface area (TPSA) is 66.6 Å². The van der Waals surface area contributed by atoms with Crippen molar-refractivity contribution in [1.82, 2.24) is 9.80 Å². The van der Waals surface area contributed by atoms with Gasteiger partial charge < -0.3 is 15.5 Å². The zero-order valence-electron chi connectivity index (χ0n) is 12.3. The second kappa shape index (κ2) is 6.11. The molecule has 21 heavy (non-hydrogen) atoms. The number of nitrogen functional groups attached to an aromatic ring is 1. The van der Waals surface area contributed by atoms with Gasteiger partial charge in [-0.25, -0.2) is 4.39 Å². The molecule has 1 aromatic carbocycles. The molecule has 1 aliphatic heterocycles. The molecule has 0 radical (unpaired) electrons. The number of amides is 2. The van der Waals surface area contributed by atoms with Crippen LogP contribution in [0, 0.1) is 11.7 Å². The molecule has 0 aromatic heterocycles. The van der Waals surface area contributed by atoms with Crippen LogP contribution >= 0.6 is 0 Å². The van der Waals surface area contributed by atoms with Crippen molar-refractivity contribution in [3.8, 4) is 0 Å². The van der Waals surface area contributed by atoms with E-state index in [1.54, 1.807) is 9.80 Å². The summed E-state index contributed by atoms with van der Waals surface area (Å²) in [5.41, 5.74) is 5.94. The first-order chi connectivity index (χ1) is 9.90. The highest BCUT2D eigenvalue weighted by Gasteiger charge is 2.27. The van der Waals surface area contributed by atoms with Gasteiger partial charge in [-0.05, 0) is 18.2 Å². The molecule has 1 aromatic rings. The molecular weight excluding hydrogens is 273 g/mol. The Balaban J connectivity index is 2.03. The predicted molar refractivity (Wildman–Crippen MR) is 78.1 cm³/mol. The van der Waals surface area contributed by atoms with Crippen LogP contribution in [0.25, 0.3) is 0 Å². The average molecular weight is 293 g/mol. The fourth-order valence-electron chi connectivity index (χ4n) is 2.37. The van der Waals surface area contributed by atoms with Gasteiger partial charge in [0.2, 0.25) is 5.91 Å². The summed E-state index contributed by atoms with van der Waals surface area (Å²) in [7, 11) is 0. The molecule has 114 valence electrons. The van der Waals surface area contributed by atoms with Crippen molar-refractivity contribution in [2.24, 2.45) is 5.92 Å². The maximum absolute atomic E-state index is 13.7. The molecule has 1 fully saturated rings. The van der Waals surface area contributed by atoms with E-state index in [-0.39, 0.29) is 23.3 Å². The van der Waals surface area contributed by atoms with Gasteiger partial charge in [0.1, 0.15) is 5.82 Å². The standard InChI is InChI=1S/C15H20FN3O2/c1-10(2)14(20)18-5-7-19(8-6-18)15(21)12-9-11(17)3-4-13(12)16/h3-4,9-10H,5-8,17H2,1-2H3. The van der Waals surface area contributed by atoms with E-state index in [0.717, 1.165) is 0 Å². The van der Waals surface area contributed by atoms with Crippen LogP contribution in [0.2, 0.25) is 0 Å². The number of carbonyl (C=O) groups is 2. The van der Waals surface area contributed by atoms with Crippen LogP contribution in [-0.2, 0) is 4.79 Å². The van der Waals surface area contributed by atoms with E-state index in [0.29, 0.717) is 31.9 Å². The Morgan fingerprint density at radius 3 is 2.29 bits per heavy atom. The van der Waals surface area contributed by atoms with Crippen LogP contribution in [0.1, 0.15) is 24.2 Å². The number of carbonyl (C=O) groups excluding carboxylic acids is 2. The highest BCUT2D eigenvalue weighted by atomic mass is 19.1. The zero-order valence-corrected chi connectivity index (χ0v) is 12.3. The number of anilines is 1. The van der Waals surface area contributed by atoms with E-state index in [4.69, 9.17) is 5.73 Å². The molecule has 0 saturated carbocycles. The van der Waals surface area contributed by atoms with E-state index >= 15 is 0 Å². The number of halogens is 1. The molecule has 1 aliphatic rings. The van der Waals surface area contributed by atoms with Crippen molar-refractivity contribution in [3.05, 3.63) is 29.6 Å². The third-order valence-corrected chi connectivity index (χ3v) is 3.59. The van der Waals surface area contributed by atoms with Crippen molar-refractivity contribution in [2.45, 2.75) is 13.8 Å². The average Bonchev–Trinajstić information content (AvgIpc) is 2.48. The summed E-state index contributed by atoms with van der Waals surface area (Å²) in [6, 6.07) is 3.97. The number of nitrogens with zero attached hydrogens (tertiary/aromatic N) is 2. The maximum atomic E-state index is 13.7. The lowest BCUT2D eigenvalue weighted by Gasteiger charge is -2.35. The zero-order chi connectivity index (χ0) is 15.6. The molecule has 2 rings (SSSR count). The van der Waals surface area contributed by atoms with Crippen molar-refractivity contribution < 1.29 is 14.0 Å². The largest absolute Gasteiger partial charge is 0.399 e. The molecule has 0 bridgehead atoms. The number of piperazine rings is 1. The lowest BCUT2D eigenvalue weighted by Crippen LogP contribution is -2.51. The summed E-state index contributed by atoms with van der Waals surface area (Å²) in [6.07, 6.45) is 0.